The Morgan fingerprint density at radius 2 is 2.05 bits per heavy atom. The Labute approximate surface area is 133 Å². The molecule has 0 radical (unpaired) electrons. The number of fused-ring (bicyclic) bond motifs is 1. The van der Waals surface area contributed by atoms with Gasteiger partial charge in [-0.3, -0.25) is 4.98 Å². The van der Waals surface area contributed by atoms with Crippen molar-refractivity contribution in [2.75, 3.05) is 17.7 Å². The predicted molar refractivity (Wildman–Crippen MR) is 92.3 cm³/mol. The summed E-state index contributed by atoms with van der Waals surface area (Å²) in [6.45, 7) is 2.81. The van der Waals surface area contributed by atoms with Crippen LogP contribution in [-0.2, 0) is 6.54 Å². The number of hydrogen-bond donors (Lipinski definition) is 1. The molecule has 2 heterocycles. The van der Waals surface area contributed by atoms with Crippen LogP contribution in [0.3, 0.4) is 0 Å². The van der Waals surface area contributed by atoms with Crippen molar-refractivity contribution < 1.29 is 0 Å². The fourth-order valence-corrected chi connectivity index (χ4v) is 3.58. The molecular formula is C16H16ClN3S. The SMILES string of the molecule is Cc1cc2c(N(C)Cc3ccc(Cl)s3)ccc(N)c2cn1. The first-order chi connectivity index (χ1) is 10.0. The third kappa shape index (κ3) is 2.82. The van der Waals surface area contributed by atoms with Gasteiger partial charge in [0.1, 0.15) is 0 Å². The zero-order valence-corrected chi connectivity index (χ0v) is 13.5. The van der Waals surface area contributed by atoms with Crippen molar-refractivity contribution >= 4 is 45.1 Å². The molecule has 0 atom stereocenters. The molecule has 0 unspecified atom stereocenters. The Balaban J connectivity index is 2.03. The fraction of sp³-hybridized carbons (Fsp3) is 0.188. The Bertz CT molecular complexity index is 797. The van der Waals surface area contributed by atoms with E-state index in [0.29, 0.717) is 0 Å². The van der Waals surface area contributed by atoms with Crippen LogP contribution in [-0.4, -0.2) is 12.0 Å². The highest BCUT2D eigenvalue weighted by Crippen LogP contribution is 2.32. The standard InChI is InChI=1S/C16H16ClN3S/c1-10-7-12-13(8-19-10)14(18)4-5-15(12)20(2)9-11-3-6-16(17)21-11/h3-8H,9,18H2,1-2H3. The molecule has 0 saturated carbocycles. The zero-order chi connectivity index (χ0) is 15.0. The van der Waals surface area contributed by atoms with Crippen molar-refractivity contribution in [2.24, 2.45) is 0 Å². The van der Waals surface area contributed by atoms with E-state index in [1.54, 1.807) is 11.3 Å². The van der Waals surface area contributed by atoms with Gasteiger partial charge in [0, 0.05) is 46.0 Å². The molecule has 0 bridgehead atoms. The minimum Gasteiger partial charge on any atom is -0.398 e. The maximum Gasteiger partial charge on any atom is 0.0931 e. The number of pyridine rings is 1. The van der Waals surface area contributed by atoms with Crippen LogP contribution in [0.1, 0.15) is 10.6 Å². The van der Waals surface area contributed by atoms with E-state index in [9.17, 15) is 0 Å². The number of hydrogen-bond acceptors (Lipinski definition) is 4. The minimum atomic E-state index is 0.758. The Morgan fingerprint density at radius 3 is 2.76 bits per heavy atom. The summed E-state index contributed by atoms with van der Waals surface area (Å²) >= 11 is 7.61. The highest BCUT2D eigenvalue weighted by atomic mass is 35.5. The second kappa shape index (κ2) is 5.54. The quantitative estimate of drug-likeness (QED) is 0.724. The van der Waals surface area contributed by atoms with Crippen molar-refractivity contribution in [1.29, 1.82) is 0 Å². The second-order valence-electron chi connectivity index (χ2n) is 5.11. The van der Waals surface area contributed by atoms with Crippen LogP contribution in [0.5, 0.6) is 0 Å². The van der Waals surface area contributed by atoms with Crippen molar-refractivity contribution in [1.82, 2.24) is 4.98 Å². The van der Waals surface area contributed by atoms with Crippen LogP contribution >= 0.6 is 22.9 Å². The van der Waals surface area contributed by atoms with Crippen molar-refractivity contribution in [3.63, 3.8) is 0 Å². The summed E-state index contributed by atoms with van der Waals surface area (Å²) in [6, 6.07) is 10.1. The van der Waals surface area contributed by atoms with E-state index in [-0.39, 0.29) is 0 Å². The molecule has 2 N–H and O–H groups in total. The number of thiophene rings is 1. The number of halogens is 1. The first-order valence-electron chi connectivity index (χ1n) is 6.65. The predicted octanol–water partition coefficient (Wildman–Crippen LogP) is 4.48. The number of rotatable bonds is 3. The molecule has 3 rings (SSSR count). The molecular weight excluding hydrogens is 302 g/mol. The van der Waals surface area contributed by atoms with E-state index >= 15 is 0 Å². The van der Waals surface area contributed by atoms with Crippen LogP contribution in [0.2, 0.25) is 4.34 Å². The summed E-state index contributed by atoms with van der Waals surface area (Å²) in [7, 11) is 2.08. The van der Waals surface area contributed by atoms with Gasteiger partial charge in [-0.15, -0.1) is 11.3 Å². The molecule has 108 valence electrons. The molecule has 0 spiro atoms. The van der Waals surface area contributed by atoms with Gasteiger partial charge in [-0.05, 0) is 37.3 Å². The lowest BCUT2D eigenvalue weighted by Crippen LogP contribution is -2.16. The lowest BCUT2D eigenvalue weighted by molar-refractivity contribution is 0.946. The monoisotopic (exact) mass is 317 g/mol. The van der Waals surface area contributed by atoms with Gasteiger partial charge in [0.25, 0.3) is 0 Å². The van der Waals surface area contributed by atoms with Crippen molar-refractivity contribution in [3.8, 4) is 0 Å². The third-order valence-electron chi connectivity index (χ3n) is 3.48. The van der Waals surface area contributed by atoms with Crippen LogP contribution in [0.4, 0.5) is 11.4 Å². The van der Waals surface area contributed by atoms with E-state index < -0.39 is 0 Å². The molecule has 0 fully saturated rings. The van der Waals surface area contributed by atoms with E-state index in [2.05, 4.69) is 35.1 Å². The third-order valence-corrected chi connectivity index (χ3v) is 4.70. The average Bonchev–Trinajstić information content (AvgIpc) is 2.84. The first kappa shape index (κ1) is 14.2. The van der Waals surface area contributed by atoms with Crippen LogP contribution in [0.15, 0.2) is 36.5 Å². The van der Waals surface area contributed by atoms with E-state index in [1.165, 1.54) is 4.88 Å². The summed E-state index contributed by atoms with van der Waals surface area (Å²) in [5.41, 5.74) is 8.95. The summed E-state index contributed by atoms with van der Waals surface area (Å²) in [6.07, 6.45) is 1.85. The molecule has 0 saturated heterocycles. The number of nitrogen functional groups attached to an aromatic ring is 1. The van der Waals surface area contributed by atoms with Gasteiger partial charge in [0.05, 0.1) is 10.9 Å². The Morgan fingerprint density at radius 1 is 1.24 bits per heavy atom. The normalized spacial score (nSPS) is 11.0. The van der Waals surface area contributed by atoms with Gasteiger partial charge < -0.3 is 10.6 Å². The van der Waals surface area contributed by atoms with Crippen molar-refractivity contribution in [3.05, 3.63) is 51.4 Å². The summed E-state index contributed by atoms with van der Waals surface area (Å²) in [5.74, 6) is 0. The smallest absolute Gasteiger partial charge is 0.0931 e. The number of anilines is 2. The molecule has 0 aliphatic carbocycles. The molecule has 3 nitrogen and oxygen atoms in total. The maximum atomic E-state index is 6.06. The number of nitrogens with zero attached hydrogens (tertiary/aromatic N) is 2. The molecule has 0 aliphatic heterocycles. The van der Waals surface area contributed by atoms with Crippen LogP contribution < -0.4 is 10.6 Å². The summed E-state index contributed by atoms with van der Waals surface area (Å²) < 4.78 is 0.820. The maximum absolute atomic E-state index is 6.06. The number of aromatic nitrogens is 1. The molecule has 5 heteroatoms. The van der Waals surface area contributed by atoms with Crippen molar-refractivity contribution in [2.45, 2.75) is 13.5 Å². The molecule has 0 aliphatic rings. The molecule has 3 aromatic rings. The Kier molecular flexibility index (Phi) is 3.74. The fourth-order valence-electron chi connectivity index (χ4n) is 2.44. The lowest BCUT2D eigenvalue weighted by atomic mass is 10.1. The highest BCUT2D eigenvalue weighted by molar-refractivity contribution is 7.16. The number of aryl methyl sites for hydroxylation is 1. The first-order valence-corrected chi connectivity index (χ1v) is 7.84. The van der Waals surface area contributed by atoms with E-state index in [4.69, 9.17) is 17.3 Å². The van der Waals surface area contributed by atoms with E-state index in [0.717, 1.165) is 38.7 Å². The number of benzene rings is 1. The van der Waals surface area contributed by atoms with Gasteiger partial charge in [0.2, 0.25) is 0 Å². The van der Waals surface area contributed by atoms with Crippen LogP contribution in [0, 0.1) is 6.92 Å². The highest BCUT2D eigenvalue weighted by Gasteiger charge is 2.10. The largest absolute Gasteiger partial charge is 0.398 e. The Hall–Kier alpha value is -1.78. The molecule has 21 heavy (non-hydrogen) atoms. The lowest BCUT2D eigenvalue weighted by Gasteiger charge is -2.21. The van der Waals surface area contributed by atoms with Gasteiger partial charge >= 0.3 is 0 Å². The molecule has 1 aromatic carbocycles. The number of nitrogens with two attached hydrogens (primary N) is 1. The molecule has 0 amide bonds. The molecule has 2 aromatic heterocycles. The second-order valence-corrected chi connectivity index (χ2v) is 6.91. The topological polar surface area (TPSA) is 42.1 Å². The van der Waals surface area contributed by atoms with Gasteiger partial charge in [-0.25, -0.2) is 0 Å². The van der Waals surface area contributed by atoms with Gasteiger partial charge in [-0.1, -0.05) is 11.6 Å². The summed E-state index contributed by atoms with van der Waals surface area (Å²) in [5, 5.41) is 2.13. The zero-order valence-electron chi connectivity index (χ0n) is 11.9. The minimum absolute atomic E-state index is 0.758. The van der Waals surface area contributed by atoms with Crippen LogP contribution in [0.25, 0.3) is 10.8 Å². The van der Waals surface area contributed by atoms with E-state index in [1.807, 2.05) is 25.3 Å². The van der Waals surface area contributed by atoms with Gasteiger partial charge in [0.15, 0.2) is 0 Å². The summed E-state index contributed by atoms with van der Waals surface area (Å²) in [4.78, 5) is 7.79. The van der Waals surface area contributed by atoms with Gasteiger partial charge in [-0.2, -0.15) is 0 Å². The average molecular weight is 318 g/mol.